The third-order valence-corrected chi connectivity index (χ3v) is 5.20. The van der Waals surface area contributed by atoms with Crippen LogP contribution in [-0.4, -0.2) is 15.3 Å². The van der Waals surface area contributed by atoms with Crippen LogP contribution in [0.1, 0.15) is 60.9 Å². The zero-order valence-corrected chi connectivity index (χ0v) is 20.7. The van der Waals surface area contributed by atoms with Crippen LogP contribution >= 0.6 is 0 Å². The first-order valence-corrected chi connectivity index (χ1v) is 11.4. The van der Waals surface area contributed by atoms with Crippen molar-refractivity contribution >= 4 is 11.6 Å². The predicted octanol–water partition coefficient (Wildman–Crippen LogP) is 6.33. The molecule has 2 heterocycles. The Bertz CT molecular complexity index is 1280. The number of benzene rings is 1. The average molecular weight is 481 g/mol. The molecular formula is C27H30F2N4O2. The summed E-state index contributed by atoms with van der Waals surface area (Å²) in [5.74, 6) is -1.54. The Morgan fingerprint density at radius 1 is 1.29 bits per heavy atom. The summed E-state index contributed by atoms with van der Waals surface area (Å²) in [4.78, 5) is 17.6. The van der Waals surface area contributed by atoms with Crippen molar-refractivity contribution in [2.45, 2.75) is 54.1 Å². The molecule has 0 fully saturated rings. The van der Waals surface area contributed by atoms with Gasteiger partial charge in [0.05, 0.1) is 23.7 Å². The molecule has 0 aliphatic carbocycles. The molecule has 1 N–H and O–H groups in total. The highest BCUT2D eigenvalue weighted by molar-refractivity contribution is 5.96. The number of fused-ring (bicyclic) bond motifs is 1. The minimum atomic E-state index is -0.703. The minimum Gasteiger partial charge on any atom is -0.485 e. The molecule has 0 bridgehead atoms. The van der Waals surface area contributed by atoms with E-state index in [2.05, 4.69) is 22.9 Å². The number of nitriles is 1. The Kier molecular flexibility index (Phi) is 9.71. The van der Waals surface area contributed by atoms with Crippen LogP contribution in [0.25, 0.3) is 5.65 Å². The quantitative estimate of drug-likeness (QED) is 0.382. The normalized spacial score (nSPS) is 11.1. The molecule has 0 spiro atoms. The molecule has 3 rings (SSSR count). The highest BCUT2D eigenvalue weighted by Crippen LogP contribution is 2.26. The van der Waals surface area contributed by atoms with Gasteiger partial charge in [-0.2, -0.15) is 5.26 Å². The van der Waals surface area contributed by atoms with Crippen molar-refractivity contribution in [3.05, 3.63) is 88.5 Å². The number of imidazole rings is 1. The van der Waals surface area contributed by atoms with Gasteiger partial charge >= 0.3 is 0 Å². The Balaban J connectivity index is 0.00000210. The number of halogens is 2. The highest BCUT2D eigenvalue weighted by Gasteiger charge is 2.21. The number of nitrogens with one attached hydrogen (secondary N) is 1. The predicted molar refractivity (Wildman–Crippen MR) is 132 cm³/mol. The molecule has 0 saturated heterocycles. The van der Waals surface area contributed by atoms with Gasteiger partial charge in [-0.15, -0.1) is 0 Å². The molecule has 0 saturated carbocycles. The number of pyridine rings is 1. The fraction of sp³-hybridized carbons (Fsp3) is 0.296. The second-order valence-electron chi connectivity index (χ2n) is 7.47. The summed E-state index contributed by atoms with van der Waals surface area (Å²) >= 11 is 0. The summed E-state index contributed by atoms with van der Waals surface area (Å²) in [6.45, 7) is 12.8. The third-order valence-electron chi connectivity index (χ3n) is 5.20. The maximum atomic E-state index is 14.0. The number of aromatic nitrogens is 2. The fourth-order valence-corrected chi connectivity index (χ4v) is 3.53. The van der Waals surface area contributed by atoms with Gasteiger partial charge in [-0.1, -0.05) is 33.4 Å². The van der Waals surface area contributed by atoms with E-state index in [1.165, 1.54) is 12.1 Å². The lowest BCUT2D eigenvalue weighted by atomic mass is 10.1. The van der Waals surface area contributed by atoms with Crippen molar-refractivity contribution in [1.82, 2.24) is 14.7 Å². The molecule has 2 aromatic heterocycles. The van der Waals surface area contributed by atoms with Gasteiger partial charge in [0.1, 0.15) is 23.9 Å². The standard InChI is InChI=1S/C25H24F2N4O2.C2H6/c1-5-17(10-11-28)21(6-2)30-25(32)23-16(4)29-24-22(12-15(3)13-31(23)24)33-14-18-19(26)8-7-9-20(18)27;1-2/h6-9,12-13H,2,5,10,14H2,1,3-4H3,(H,30,32);1-2H3/b21-17-;. The van der Waals surface area contributed by atoms with Crippen molar-refractivity contribution in [2.75, 3.05) is 0 Å². The molecule has 0 unspecified atom stereocenters. The van der Waals surface area contributed by atoms with Crippen LogP contribution < -0.4 is 10.1 Å². The molecule has 0 aliphatic rings. The summed E-state index contributed by atoms with van der Waals surface area (Å²) in [7, 11) is 0. The van der Waals surface area contributed by atoms with Crippen molar-refractivity contribution in [1.29, 1.82) is 5.26 Å². The van der Waals surface area contributed by atoms with E-state index in [9.17, 15) is 13.6 Å². The molecule has 3 aromatic rings. The number of ether oxygens (including phenoxy) is 1. The molecular weight excluding hydrogens is 450 g/mol. The maximum absolute atomic E-state index is 14.0. The van der Waals surface area contributed by atoms with Crippen LogP contribution in [0.2, 0.25) is 0 Å². The summed E-state index contributed by atoms with van der Waals surface area (Å²) < 4.78 is 35.3. The number of carbonyl (C=O) groups is 1. The smallest absolute Gasteiger partial charge is 0.274 e. The van der Waals surface area contributed by atoms with E-state index in [0.29, 0.717) is 23.5 Å². The monoisotopic (exact) mass is 480 g/mol. The van der Waals surface area contributed by atoms with Gasteiger partial charge in [-0.05, 0) is 55.7 Å². The van der Waals surface area contributed by atoms with E-state index >= 15 is 0 Å². The number of nitrogens with zero attached hydrogens (tertiary/aromatic N) is 3. The lowest BCUT2D eigenvalue weighted by molar-refractivity contribution is 0.0960. The molecule has 0 atom stereocenters. The minimum absolute atomic E-state index is 0.175. The number of hydrogen-bond donors (Lipinski definition) is 1. The maximum Gasteiger partial charge on any atom is 0.274 e. The van der Waals surface area contributed by atoms with Crippen LogP contribution in [0.15, 0.2) is 54.4 Å². The summed E-state index contributed by atoms with van der Waals surface area (Å²) in [6, 6.07) is 7.40. The Hall–Kier alpha value is -3.99. The number of allylic oxidation sites excluding steroid dienone is 2. The number of amides is 1. The largest absolute Gasteiger partial charge is 0.485 e. The molecule has 184 valence electrons. The number of carbonyl (C=O) groups excluding carboxylic acids is 1. The second-order valence-corrected chi connectivity index (χ2v) is 7.47. The lowest BCUT2D eigenvalue weighted by Crippen LogP contribution is -2.25. The van der Waals surface area contributed by atoms with E-state index in [-0.39, 0.29) is 30.0 Å². The van der Waals surface area contributed by atoms with Gasteiger partial charge in [0.15, 0.2) is 11.4 Å². The molecule has 0 aliphatic heterocycles. The average Bonchev–Trinajstić information content (AvgIpc) is 3.17. The molecule has 0 radical (unpaired) electrons. The number of rotatable bonds is 8. The SMILES string of the molecule is C=C/C(NC(=O)c1c(C)nc2c(OCc3c(F)cccc3F)cc(C)cn12)=C(\CC)CC#N.CC. The summed E-state index contributed by atoms with van der Waals surface area (Å²) in [5, 5.41) is 11.9. The molecule has 35 heavy (non-hydrogen) atoms. The van der Waals surface area contributed by atoms with Crippen LogP contribution in [0.3, 0.4) is 0 Å². The van der Waals surface area contributed by atoms with Gasteiger partial charge in [0.2, 0.25) is 0 Å². The van der Waals surface area contributed by atoms with Crippen LogP contribution in [0, 0.1) is 36.8 Å². The van der Waals surface area contributed by atoms with Gasteiger partial charge in [0.25, 0.3) is 5.91 Å². The van der Waals surface area contributed by atoms with E-state index in [0.717, 1.165) is 23.3 Å². The first-order valence-electron chi connectivity index (χ1n) is 11.4. The van der Waals surface area contributed by atoms with Crippen molar-refractivity contribution in [2.24, 2.45) is 0 Å². The van der Waals surface area contributed by atoms with E-state index in [4.69, 9.17) is 10.00 Å². The van der Waals surface area contributed by atoms with Crippen molar-refractivity contribution < 1.29 is 18.3 Å². The van der Waals surface area contributed by atoms with E-state index in [1.807, 2.05) is 27.7 Å². The third kappa shape index (κ3) is 6.12. The zero-order chi connectivity index (χ0) is 26.1. The summed E-state index contributed by atoms with van der Waals surface area (Å²) in [5.41, 5.74) is 2.89. The molecule has 8 heteroatoms. The van der Waals surface area contributed by atoms with Crippen molar-refractivity contribution in [3.8, 4) is 11.8 Å². The first kappa shape index (κ1) is 27.3. The second kappa shape index (κ2) is 12.5. The van der Waals surface area contributed by atoms with Crippen LogP contribution in [-0.2, 0) is 6.61 Å². The number of aryl methyl sites for hydroxylation is 2. The van der Waals surface area contributed by atoms with Gasteiger partial charge < -0.3 is 10.1 Å². The van der Waals surface area contributed by atoms with Crippen molar-refractivity contribution in [3.63, 3.8) is 0 Å². The van der Waals surface area contributed by atoms with E-state index in [1.54, 1.807) is 23.6 Å². The van der Waals surface area contributed by atoms with Gasteiger partial charge in [-0.3, -0.25) is 9.20 Å². The Morgan fingerprint density at radius 3 is 2.51 bits per heavy atom. The van der Waals surface area contributed by atoms with Crippen LogP contribution in [0.5, 0.6) is 5.75 Å². The molecule has 1 aromatic carbocycles. The Labute approximate surface area is 204 Å². The highest BCUT2D eigenvalue weighted by atomic mass is 19.1. The zero-order valence-electron chi connectivity index (χ0n) is 20.7. The lowest BCUT2D eigenvalue weighted by Gasteiger charge is -2.12. The Morgan fingerprint density at radius 2 is 1.94 bits per heavy atom. The van der Waals surface area contributed by atoms with Gasteiger partial charge in [-0.25, -0.2) is 13.8 Å². The first-order chi connectivity index (χ1) is 16.8. The fourth-order valence-electron chi connectivity index (χ4n) is 3.53. The van der Waals surface area contributed by atoms with E-state index < -0.39 is 17.5 Å². The number of hydrogen-bond acceptors (Lipinski definition) is 4. The topological polar surface area (TPSA) is 79.4 Å². The summed E-state index contributed by atoms with van der Waals surface area (Å²) in [6.07, 6.45) is 4.00. The van der Waals surface area contributed by atoms with Gasteiger partial charge in [0, 0.05) is 11.9 Å². The molecule has 1 amide bonds. The molecule has 6 nitrogen and oxygen atoms in total. The van der Waals surface area contributed by atoms with Crippen LogP contribution in [0.4, 0.5) is 8.78 Å².